The van der Waals surface area contributed by atoms with Crippen LogP contribution < -0.4 is 15.1 Å². The number of rotatable bonds is 5. The third-order valence-corrected chi connectivity index (χ3v) is 4.87. The minimum absolute atomic E-state index is 0.181. The average Bonchev–Trinajstić information content (AvgIpc) is 2.75. The van der Waals surface area contributed by atoms with E-state index in [1.807, 2.05) is 6.07 Å². The van der Waals surface area contributed by atoms with Crippen molar-refractivity contribution >= 4 is 29.0 Å². The monoisotopic (exact) mass is 393 g/mol. The van der Waals surface area contributed by atoms with E-state index in [4.69, 9.17) is 0 Å². The maximum Gasteiger partial charge on any atom is 0.337 e. The van der Waals surface area contributed by atoms with Gasteiger partial charge in [-0.15, -0.1) is 0 Å². The Morgan fingerprint density at radius 2 is 1.66 bits per heavy atom. The van der Waals surface area contributed by atoms with Crippen LogP contribution in [0.15, 0.2) is 60.9 Å². The van der Waals surface area contributed by atoms with Crippen LogP contribution in [-0.4, -0.2) is 47.2 Å². The number of carbonyl (C=O) groups is 1. The Morgan fingerprint density at radius 3 is 2.38 bits per heavy atom. The number of aromatic nitrogens is 2. The third-order valence-electron chi connectivity index (χ3n) is 4.87. The van der Waals surface area contributed by atoms with E-state index in [-0.39, 0.29) is 11.4 Å². The van der Waals surface area contributed by atoms with Gasteiger partial charge in [-0.1, -0.05) is 12.1 Å². The van der Waals surface area contributed by atoms with E-state index < -0.39 is 5.97 Å². The molecule has 0 amide bonds. The quantitative estimate of drug-likeness (QED) is 0.688. The molecule has 29 heavy (non-hydrogen) atoms. The van der Waals surface area contributed by atoms with Gasteiger partial charge in [0.2, 0.25) is 0 Å². The zero-order valence-corrected chi connectivity index (χ0v) is 15.6. The summed E-state index contributed by atoms with van der Waals surface area (Å²) < 4.78 is 13.1. The first-order chi connectivity index (χ1) is 14.1. The lowest BCUT2D eigenvalue weighted by Gasteiger charge is -2.36. The summed E-state index contributed by atoms with van der Waals surface area (Å²) in [4.78, 5) is 24.3. The second-order valence-corrected chi connectivity index (χ2v) is 6.69. The highest BCUT2D eigenvalue weighted by Crippen LogP contribution is 2.23. The van der Waals surface area contributed by atoms with Crippen LogP contribution in [0.3, 0.4) is 0 Å². The Hall–Kier alpha value is -3.68. The number of carboxylic acids is 1. The highest BCUT2D eigenvalue weighted by atomic mass is 19.1. The molecule has 4 rings (SSSR count). The topological polar surface area (TPSA) is 81.6 Å². The van der Waals surface area contributed by atoms with Crippen LogP contribution in [0.4, 0.5) is 27.4 Å². The number of aromatic carboxylic acids is 1. The predicted molar refractivity (Wildman–Crippen MR) is 110 cm³/mol. The lowest BCUT2D eigenvalue weighted by molar-refractivity contribution is 0.0698. The smallest absolute Gasteiger partial charge is 0.337 e. The van der Waals surface area contributed by atoms with Gasteiger partial charge in [-0.2, -0.15) is 0 Å². The molecule has 1 saturated heterocycles. The summed E-state index contributed by atoms with van der Waals surface area (Å²) in [6, 6.07) is 15.0. The second-order valence-electron chi connectivity index (χ2n) is 6.69. The molecule has 148 valence electrons. The number of piperazine rings is 1. The van der Waals surface area contributed by atoms with Gasteiger partial charge in [0.15, 0.2) is 0 Å². The number of hydrogen-bond donors (Lipinski definition) is 2. The van der Waals surface area contributed by atoms with Crippen molar-refractivity contribution in [3.8, 4) is 0 Å². The van der Waals surface area contributed by atoms with Gasteiger partial charge in [-0.05, 0) is 36.4 Å². The van der Waals surface area contributed by atoms with Crippen LogP contribution in [-0.2, 0) is 0 Å². The molecule has 0 aliphatic carbocycles. The van der Waals surface area contributed by atoms with Crippen molar-refractivity contribution in [2.24, 2.45) is 0 Å². The SMILES string of the molecule is O=C(O)c1ccccc1Nc1cc(N2CCN(c3ccc(F)cc3)CC2)ncn1. The fourth-order valence-corrected chi connectivity index (χ4v) is 3.35. The molecule has 2 N–H and O–H groups in total. The van der Waals surface area contributed by atoms with Crippen molar-refractivity contribution in [2.45, 2.75) is 0 Å². The molecule has 7 nitrogen and oxygen atoms in total. The number of benzene rings is 2. The van der Waals surface area contributed by atoms with Crippen molar-refractivity contribution in [1.29, 1.82) is 0 Å². The summed E-state index contributed by atoms with van der Waals surface area (Å²) in [6.07, 6.45) is 1.47. The van der Waals surface area contributed by atoms with Crippen LogP contribution in [0.5, 0.6) is 0 Å². The number of nitrogens with zero attached hydrogens (tertiary/aromatic N) is 4. The molecule has 3 aromatic rings. The molecule has 0 spiro atoms. The van der Waals surface area contributed by atoms with E-state index >= 15 is 0 Å². The molecule has 1 aromatic heterocycles. The average molecular weight is 393 g/mol. The maximum absolute atomic E-state index is 13.1. The number of nitrogens with one attached hydrogen (secondary N) is 1. The molecule has 1 aliphatic rings. The first-order valence-corrected chi connectivity index (χ1v) is 9.27. The summed E-state index contributed by atoms with van der Waals surface area (Å²) in [6.45, 7) is 3.11. The maximum atomic E-state index is 13.1. The van der Waals surface area contributed by atoms with Crippen LogP contribution in [0.2, 0.25) is 0 Å². The summed E-state index contributed by atoms with van der Waals surface area (Å²) >= 11 is 0. The van der Waals surface area contributed by atoms with Gasteiger partial charge in [0.1, 0.15) is 23.8 Å². The fraction of sp³-hybridized carbons (Fsp3) is 0.190. The predicted octanol–water partition coefficient (Wildman–Crippen LogP) is 3.38. The van der Waals surface area contributed by atoms with Crippen LogP contribution >= 0.6 is 0 Å². The molecule has 8 heteroatoms. The Morgan fingerprint density at radius 1 is 0.966 bits per heavy atom. The van der Waals surface area contributed by atoms with Gasteiger partial charge >= 0.3 is 5.97 Å². The molecule has 0 bridgehead atoms. The van der Waals surface area contributed by atoms with E-state index in [1.54, 1.807) is 36.4 Å². The van der Waals surface area contributed by atoms with E-state index in [0.717, 1.165) is 37.7 Å². The first kappa shape index (κ1) is 18.7. The van der Waals surface area contributed by atoms with E-state index in [2.05, 4.69) is 25.1 Å². The van der Waals surface area contributed by atoms with Gasteiger partial charge in [-0.25, -0.2) is 19.2 Å². The summed E-state index contributed by atoms with van der Waals surface area (Å²) in [5.74, 6) is 0.0656. The van der Waals surface area contributed by atoms with E-state index in [0.29, 0.717) is 11.5 Å². The largest absolute Gasteiger partial charge is 0.478 e. The van der Waals surface area contributed by atoms with Crippen molar-refractivity contribution < 1.29 is 14.3 Å². The highest BCUT2D eigenvalue weighted by molar-refractivity contribution is 5.95. The number of hydrogen-bond acceptors (Lipinski definition) is 6. The molecule has 0 radical (unpaired) electrons. The van der Waals surface area contributed by atoms with Crippen molar-refractivity contribution in [2.75, 3.05) is 41.3 Å². The standard InChI is InChI=1S/C21H20FN5O2/c22-15-5-7-16(8-6-15)26-9-11-27(12-10-26)20-13-19(23-14-24-20)25-18-4-2-1-3-17(18)21(28)29/h1-8,13-14H,9-12H2,(H,28,29)(H,23,24,25). The number of para-hydroxylation sites is 1. The summed E-state index contributed by atoms with van der Waals surface area (Å²) in [5, 5.41) is 12.4. The van der Waals surface area contributed by atoms with Gasteiger partial charge in [0.25, 0.3) is 0 Å². The van der Waals surface area contributed by atoms with Gasteiger partial charge in [0.05, 0.1) is 11.3 Å². The summed E-state index contributed by atoms with van der Waals surface area (Å²) in [5.41, 5.74) is 1.66. The Balaban J connectivity index is 1.45. The molecule has 0 atom stereocenters. The number of halogens is 1. The molecular formula is C21H20FN5O2. The van der Waals surface area contributed by atoms with Gasteiger partial charge < -0.3 is 20.2 Å². The highest BCUT2D eigenvalue weighted by Gasteiger charge is 2.19. The van der Waals surface area contributed by atoms with E-state index in [9.17, 15) is 14.3 Å². The minimum Gasteiger partial charge on any atom is -0.478 e. The lowest BCUT2D eigenvalue weighted by Crippen LogP contribution is -2.46. The van der Waals surface area contributed by atoms with E-state index in [1.165, 1.54) is 18.5 Å². The summed E-state index contributed by atoms with van der Waals surface area (Å²) in [7, 11) is 0. The Labute approximate surface area is 167 Å². The molecule has 2 heterocycles. The third kappa shape index (κ3) is 4.26. The Kier molecular flexibility index (Phi) is 5.24. The second kappa shape index (κ2) is 8.14. The first-order valence-electron chi connectivity index (χ1n) is 9.27. The molecule has 1 aliphatic heterocycles. The fourth-order valence-electron chi connectivity index (χ4n) is 3.35. The van der Waals surface area contributed by atoms with Crippen molar-refractivity contribution in [3.05, 3.63) is 72.3 Å². The zero-order valence-electron chi connectivity index (χ0n) is 15.6. The van der Waals surface area contributed by atoms with Crippen LogP contribution in [0.25, 0.3) is 0 Å². The zero-order chi connectivity index (χ0) is 20.2. The van der Waals surface area contributed by atoms with Gasteiger partial charge in [-0.3, -0.25) is 0 Å². The van der Waals surface area contributed by atoms with Crippen LogP contribution in [0.1, 0.15) is 10.4 Å². The minimum atomic E-state index is -1.00. The van der Waals surface area contributed by atoms with Crippen LogP contribution in [0, 0.1) is 5.82 Å². The molecule has 0 saturated carbocycles. The molecule has 1 fully saturated rings. The lowest BCUT2D eigenvalue weighted by atomic mass is 10.2. The van der Waals surface area contributed by atoms with Crippen molar-refractivity contribution in [1.82, 2.24) is 9.97 Å². The Bertz CT molecular complexity index is 1000. The molecular weight excluding hydrogens is 373 g/mol. The normalized spacial score (nSPS) is 14.0. The van der Waals surface area contributed by atoms with Gasteiger partial charge in [0, 0.05) is 37.9 Å². The number of carboxylic acid groups (broad SMARTS) is 1. The molecule has 0 unspecified atom stereocenters. The van der Waals surface area contributed by atoms with Crippen molar-refractivity contribution in [3.63, 3.8) is 0 Å². The molecule has 2 aromatic carbocycles. The number of anilines is 4.